The smallest absolute Gasteiger partial charge is 0.274 e. The number of hydrogen-bond acceptors (Lipinski definition) is 8. The first-order valence-electron chi connectivity index (χ1n) is 7.04. The molecule has 3 aromatic heterocycles. The van der Waals surface area contributed by atoms with E-state index in [1.807, 2.05) is 13.8 Å². The van der Waals surface area contributed by atoms with Crippen molar-refractivity contribution in [3.8, 4) is 11.6 Å². The van der Waals surface area contributed by atoms with Gasteiger partial charge in [-0.05, 0) is 12.3 Å². The second kappa shape index (κ2) is 6.38. The fourth-order valence-corrected chi connectivity index (χ4v) is 2.04. The second-order valence-electron chi connectivity index (χ2n) is 5.33. The Bertz CT molecular complexity index is 748. The van der Waals surface area contributed by atoms with Gasteiger partial charge in [0, 0.05) is 6.07 Å². The molecular weight excluding hydrogens is 302 g/mol. The van der Waals surface area contributed by atoms with Crippen LogP contribution in [0.15, 0.2) is 27.7 Å². The van der Waals surface area contributed by atoms with Gasteiger partial charge in [0.15, 0.2) is 11.5 Å². The van der Waals surface area contributed by atoms with Crippen LogP contribution in [0.25, 0.3) is 11.6 Å². The average Bonchev–Trinajstić information content (AvgIpc) is 3.25. The topological polar surface area (TPSA) is 136 Å². The Morgan fingerprint density at radius 3 is 2.91 bits per heavy atom. The number of H-pyrrole nitrogens is 1. The van der Waals surface area contributed by atoms with Crippen molar-refractivity contribution >= 4 is 5.91 Å². The number of aromatic amines is 1. The second-order valence-corrected chi connectivity index (χ2v) is 5.33. The van der Waals surface area contributed by atoms with Crippen LogP contribution in [0.1, 0.15) is 42.7 Å². The lowest BCUT2D eigenvalue weighted by atomic mass is 10.0. The fourth-order valence-electron chi connectivity index (χ4n) is 2.04. The van der Waals surface area contributed by atoms with Crippen LogP contribution < -0.4 is 5.32 Å². The van der Waals surface area contributed by atoms with E-state index in [1.54, 1.807) is 0 Å². The summed E-state index contributed by atoms with van der Waals surface area (Å²) in [7, 11) is 0. The molecule has 0 aliphatic rings. The van der Waals surface area contributed by atoms with Gasteiger partial charge in [0.1, 0.15) is 18.6 Å². The molecule has 0 aliphatic heterocycles. The molecule has 3 rings (SSSR count). The van der Waals surface area contributed by atoms with E-state index < -0.39 is 6.04 Å². The van der Waals surface area contributed by atoms with Crippen molar-refractivity contribution in [2.45, 2.75) is 26.3 Å². The monoisotopic (exact) mass is 317 g/mol. The molecule has 0 bridgehead atoms. The van der Waals surface area contributed by atoms with Crippen molar-refractivity contribution in [2.24, 2.45) is 5.92 Å². The van der Waals surface area contributed by atoms with E-state index in [9.17, 15) is 4.79 Å². The molecule has 0 saturated carbocycles. The number of aromatic nitrogens is 6. The molecule has 0 aliphatic carbocycles. The molecule has 0 saturated heterocycles. The summed E-state index contributed by atoms with van der Waals surface area (Å²) in [5.41, 5.74) is 0.189. The Morgan fingerprint density at radius 2 is 2.26 bits per heavy atom. The largest absolute Gasteiger partial charge is 0.364 e. The molecule has 1 amide bonds. The standard InChI is InChI=1S/C13H15N7O3/c1-7(2)5-9(16-12(21)8-3-4-22-19-8)13-17-11(20-23-13)10-14-6-15-18-10/h3-4,6-7,9H,5H2,1-2H3,(H,16,21)(H,14,15,18)/t9-/m1/s1. The summed E-state index contributed by atoms with van der Waals surface area (Å²) in [5, 5.41) is 16.7. The number of nitrogens with zero attached hydrogens (tertiary/aromatic N) is 5. The molecule has 3 heterocycles. The van der Waals surface area contributed by atoms with Gasteiger partial charge in [0.2, 0.25) is 11.7 Å². The van der Waals surface area contributed by atoms with Crippen molar-refractivity contribution in [3.05, 3.63) is 30.2 Å². The maximum absolute atomic E-state index is 12.2. The molecule has 1 atom stereocenters. The van der Waals surface area contributed by atoms with Gasteiger partial charge in [-0.15, -0.1) is 0 Å². The van der Waals surface area contributed by atoms with Gasteiger partial charge in [-0.1, -0.05) is 24.2 Å². The van der Waals surface area contributed by atoms with E-state index in [1.165, 1.54) is 18.7 Å². The first-order chi connectivity index (χ1) is 11.1. The van der Waals surface area contributed by atoms with Crippen LogP contribution in [0, 0.1) is 5.92 Å². The summed E-state index contributed by atoms with van der Waals surface area (Å²) in [6.07, 6.45) is 3.31. The fraction of sp³-hybridized carbons (Fsp3) is 0.385. The van der Waals surface area contributed by atoms with E-state index in [-0.39, 0.29) is 17.4 Å². The van der Waals surface area contributed by atoms with E-state index in [0.717, 1.165) is 0 Å². The molecule has 0 radical (unpaired) electrons. The minimum absolute atomic E-state index is 0.189. The summed E-state index contributed by atoms with van der Waals surface area (Å²) in [5.74, 6) is 0.900. The number of hydrogen-bond donors (Lipinski definition) is 2. The molecule has 10 nitrogen and oxygen atoms in total. The normalized spacial score (nSPS) is 12.5. The van der Waals surface area contributed by atoms with E-state index >= 15 is 0 Å². The molecule has 0 aromatic carbocycles. The summed E-state index contributed by atoms with van der Waals surface area (Å²) >= 11 is 0. The van der Waals surface area contributed by atoms with Crippen molar-refractivity contribution in [3.63, 3.8) is 0 Å². The Balaban J connectivity index is 1.80. The van der Waals surface area contributed by atoms with Gasteiger partial charge < -0.3 is 14.4 Å². The summed E-state index contributed by atoms with van der Waals surface area (Å²) in [6, 6.07) is 1.04. The number of amides is 1. The lowest BCUT2D eigenvalue weighted by Gasteiger charge is -2.16. The van der Waals surface area contributed by atoms with Crippen LogP contribution in [-0.2, 0) is 0 Å². The molecule has 0 unspecified atom stereocenters. The number of rotatable bonds is 6. The van der Waals surface area contributed by atoms with Gasteiger partial charge in [-0.2, -0.15) is 10.1 Å². The van der Waals surface area contributed by atoms with Gasteiger partial charge in [-0.3, -0.25) is 9.89 Å². The predicted octanol–water partition coefficient (Wildman–Crippen LogP) is 1.36. The predicted molar refractivity (Wildman–Crippen MR) is 75.8 cm³/mol. The SMILES string of the molecule is CC(C)C[C@@H](NC(=O)c1ccon1)c1nc(-c2ncn[nH]2)no1. The maximum atomic E-state index is 12.2. The third-order valence-corrected chi connectivity index (χ3v) is 3.05. The van der Waals surface area contributed by atoms with Crippen LogP contribution in [0.4, 0.5) is 0 Å². The van der Waals surface area contributed by atoms with Crippen molar-refractivity contribution in [1.29, 1.82) is 0 Å². The Labute approximate surface area is 130 Å². The van der Waals surface area contributed by atoms with Gasteiger partial charge >= 0.3 is 0 Å². The molecule has 10 heteroatoms. The van der Waals surface area contributed by atoms with Crippen molar-refractivity contribution in [2.75, 3.05) is 0 Å². The molecule has 3 aromatic rings. The first kappa shape index (κ1) is 14.9. The van der Waals surface area contributed by atoms with Crippen LogP contribution in [-0.4, -0.2) is 36.4 Å². The highest BCUT2D eigenvalue weighted by Crippen LogP contribution is 2.22. The van der Waals surface area contributed by atoms with Gasteiger partial charge in [-0.25, -0.2) is 4.98 Å². The Hall–Kier alpha value is -3.04. The third-order valence-electron chi connectivity index (χ3n) is 3.05. The third kappa shape index (κ3) is 3.42. The molecule has 0 spiro atoms. The summed E-state index contributed by atoms with van der Waals surface area (Å²) in [6.45, 7) is 4.06. The highest BCUT2D eigenvalue weighted by Gasteiger charge is 2.24. The van der Waals surface area contributed by atoms with Crippen molar-refractivity contribution in [1.82, 2.24) is 35.8 Å². The zero-order chi connectivity index (χ0) is 16.2. The molecule has 23 heavy (non-hydrogen) atoms. The van der Waals surface area contributed by atoms with Crippen LogP contribution >= 0.6 is 0 Å². The molecule has 120 valence electrons. The lowest BCUT2D eigenvalue weighted by Crippen LogP contribution is -2.30. The van der Waals surface area contributed by atoms with E-state index in [0.29, 0.717) is 24.1 Å². The van der Waals surface area contributed by atoms with Gasteiger partial charge in [0.05, 0.1) is 0 Å². The first-order valence-corrected chi connectivity index (χ1v) is 7.04. The maximum Gasteiger partial charge on any atom is 0.274 e. The minimum atomic E-state index is -0.441. The number of carbonyl (C=O) groups excluding carboxylic acids is 1. The Morgan fingerprint density at radius 1 is 1.39 bits per heavy atom. The number of carbonyl (C=O) groups is 1. The average molecular weight is 317 g/mol. The van der Waals surface area contributed by atoms with E-state index in [4.69, 9.17) is 4.52 Å². The Kier molecular flexibility index (Phi) is 4.13. The minimum Gasteiger partial charge on any atom is -0.364 e. The zero-order valence-electron chi connectivity index (χ0n) is 12.6. The summed E-state index contributed by atoms with van der Waals surface area (Å²) < 4.78 is 9.94. The highest BCUT2D eigenvalue weighted by atomic mass is 16.5. The number of nitrogens with one attached hydrogen (secondary N) is 2. The van der Waals surface area contributed by atoms with Crippen molar-refractivity contribution < 1.29 is 13.8 Å². The van der Waals surface area contributed by atoms with Crippen LogP contribution in [0.3, 0.4) is 0 Å². The molecule has 0 fully saturated rings. The quantitative estimate of drug-likeness (QED) is 0.695. The van der Waals surface area contributed by atoms with E-state index in [2.05, 4.69) is 40.3 Å². The van der Waals surface area contributed by atoms with Crippen LogP contribution in [0.5, 0.6) is 0 Å². The van der Waals surface area contributed by atoms with Crippen LogP contribution in [0.2, 0.25) is 0 Å². The summed E-state index contributed by atoms with van der Waals surface area (Å²) in [4.78, 5) is 20.4. The zero-order valence-corrected chi connectivity index (χ0v) is 12.6. The molecule has 2 N–H and O–H groups in total. The lowest BCUT2D eigenvalue weighted by molar-refractivity contribution is 0.0913. The highest BCUT2D eigenvalue weighted by molar-refractivity contribution is 5.92. The molecular formula is C13H15N7O3. The van der Waals surface area contributed by atoms with Gasteiger partial charge in [0.25, 0.3) is 5.91 Å².